The molecular formula is C29H40F3N3O2. The lowest BCUT2D eigenvalue weighted by Gasteiger charge is -2.39. The summed E-state index contributed by atoms with van der Waals surface area (Å²) in [5.74, 6) is 0.692. The molecule has 0 spiro atoms. The first-order valence-electron chi connectivity index (χ1n) is 13.2. The van der Waals surface area contributed by atoms with Gasteiger partial charge in [0.1, 0.15) is 5.75 Å². The van der Waals surface area contributed by atoms with Gasteiger partial charge in [-0.3, -0.25) is 9.69 Å². The molecule has 1 saturated heterocycles. The molecule has 0 aliphatic carbocycles. The summed E-state index contributed by atoms with van der Waals surface area (Å²) >= 11 is 0. The average molecular weight is 520 g/mol. The molecule has 8 heteroatoms. The van der Waals surface area contributed by atoms with Gasteiger partial charge < -0.3 is 15.0 Å². The third-order valence-electron chi connectivity index (χ3n) is 7.52. The number of piperazine rings is 1. The molecular weight excluding hydrogens is 479 g/mol. The zero-order valence-corrected chi connectivity index (χ0v) is 22.6. The normalized spacial score (nSPS) is 16.5. The van der Waals surface area contributed by atoms with Crippen LogP contribution in [0.3, 0.4) is 0 Å². The predicted octanol–water partition coefficient (Wildman–Crippen LogP) is 6.00. The van der Waals surface area contributed by atoms with Gasteiger partial charge in [0.15, 0.2) is 0 Å². The summed E-state index contributed by atoms with van der Waals surface area (Å²) in [6, 6.07) is 9.35. The van der Waals surface area contributed by atoms with E-state index in [-0.39, 0.29) is 17.5 Å². The molecule has 1 fully saturated rings. The van der Waals surface area contributed by atoms with Gasteiger partial charge in [-0.05, 0) is 94.1 Å². The molecule has 3 rings (SSSR count). The summed E-state index contributed by atoms with van der Waals surface area (Å²) < 4.78 is 44.5. The second kappa shape index (κ2) is 12.8. The lowest BCUT2D eigenvalue weighted by molar-refractivity contribution is -0.137. The molecule has 0 bridgehead atoms. The summed E-state index contributed by atoms with van der Waals surface area (Å²) in [7, 11) is 0. The third-order valence-corrected chi connectivity index (χ3v) is 7.52. The van der Waals surface area contributed by atoms with E-state index < -0.39 is 11.7 Å². The SMILES string of the molecule is CCC(C)NCCCOc1ccc(C(C)N2CCN(C(=O)c3ccc(C(F)(F)F)cc3)CC2)c(C)c1C. The van der Waals surface area contributed by atoms with Crippen molar-refractivity contribution in [2.45, 2.75) is 65.7 Å². The second-order valence-electron chi connectivity index (χ2n) is 9.95. The van der Waals surface area contributed by atoms with Crippen LogP contribution in [0.15, 0.2) is 36.4 Å². The van der Waals surface area contributed by atoms with Gasteiger partial charge in [-0.1, -0.05) is 13.0 Å². The van der Waals surface area contributed by atoms with Gasteiger partial charge in [-0.2, -0.15) is 13.2 Å². The number of halogens is 3. The molecule has 2 unspecified atom stereocenters. The van der Waals surface area contributed by atoms with Crippen LogP contribution in [-0.2, 0) is 6.18 Å². The van der Waals surface area contributed by atoms with E-state index in [2.05, 4.69) is 57.0 Å². The van der Waals surface area contributed by atoms with E-state index in [9.17, 15) is 18.0 Å². The van der Waals surface area contributed by atoms with Crippen molar-refractivity contribution in [2.75, 3.05) is 39.3 Å². The highest BCUT2D eigenvalue weighted by molar-refractivity contribution is 5.94. The van der Waals surface area contributed by atoms with Crippen LogP contribution in [0.5, 0.6) is 5.75 Å². The highest BCUT2D eigenvalue weighted by Crippen LogP contribution is 2.32. The van der Waals surface area contributed by atoms with Crippen molar-refractivity contribution in [3.8, 4) is 5.75 Å². The second-order valence-corrected chi connectivity index (χ2v) is 9.95. The molecule has 2 aromatic rings. The van der Waals surface area contributed by atoms with Crippen molar-refractivity contribution in [2.24, 2.45) is 0 Å². The fourth-order valence-corrected chi connectivity index (χ4v) is 4.67. The number of carbonyl (C=O) groups is 1. The molecule has 1 aliphatic heterocycles. The van der Waals surface area contributed by atoms with Gasteiger partial charge in [0.25, 0.3) is 5.91 Å². The topological polar surface area (TPSA) is 44.8 Å². The Bertz CT molecular complexity index is 1030. The van der Waals surface area contributed by atoms with E-state index in [1.807, 2.05) is 0 Å². The first-order chi connectivity index (χ1) is 17.5. The summed E-state index contributed by atoms with van der Waals surface area (Å²) in [6.07, 6.45) is -2.34. The number of amides is 1. The van der Waals surface area contributed by atoms with E-state index in [0.29, 0.717) is 38.8 Å². The van der Waals surface area contributed by atoms with Crippen LogP contribution in [0, 0.1) is 13.8 Å². The Kier molecular flexibility index (Phi) is 10.0. The van der Waals surface area contributed by atoms with Crippen molar-refractivity contribution in [1.29, 1.82) is 0 Å². The minimum atomic E-state index is -4.41. The number of nitrogens with zero attached hydrogens (tertiary/aromatic N) is 2. The average Bonchev–Trinajstić information content (AvgIpc) is 2.89. The number of hydrogen-bond donors (Lipinski definition) is 1. The van der Waals surface area contributed by atoms with Crippen molar-refractivity contribution < 1.29 is 22.7 Å². The summed E-state index contributed by atoms with van der Waals surface area (Å²) in [6.45, 7) is 14.8. The Morgan fingerprint density at radius 2 is 1.65 bits per heavy atom. The van der Waals surface area contributed by atoms with E-state index >= 15 is 0 Å². The van der Waals surface area contributed by atoms with Crippen molar-refractivity contribution in [3.63, 3.8) is 0 Å². The largest absolute Gasteiger partial charge is 0.493 e. The fraction of sp³-hybridized carbons (Fsp3) is 0.552. The van der Waals surface area contributed by atoms with Crippen LogP contribution in [0.1, 0.15) is 72.3 Å². The Hall–Kier alpha value is -2.58. The molecule has 1 heterocycles. The van der Waals surface area contributed by atoms with E-state index in [1.54, 1.807) is 4.90 Å². The number of ether oxygens (including phenoxy) is 1. The lowest BCUT2D eigenvalue weighted by atomic mass is 9.96. The summed E-state index contributed by atoms with van der Waals surface area (Å²) in [5, 5.41) is 3.48. The molecule has 1 N–H and O–H groups in total. The van der Waals surface area contributed by atoms with Gasteiger partial charge in [-0.25, -0.2) is 0 Å². The minimum Gasteiger partial charge on any atom is -0.493 e. The first kappa shape index (κ1) is 29.0. The van der Waals surface area contributed by atoms with Crippen molar-refractivity contribution in [1.82, 2.24) is 15.1 Å². The molecule has 2 aromatic carbocycles. The fourth-order valence-electron chi connectivity index (χ4n) is 4.67. The van der Waals surface area contributed by atoms with Crippen LogP contribution in [0.4, 0.5) is 13.2 Å². The Morgan fingerprint density at radius 1 is 1.00 bits per heavy atom. The maximum Gasteiger partial charge on any atom is 0.416 e. The molecule has 1 aliphatic rings. The highest BCUT2D eigenvalue weighted by Gasteiger charge is 2.31. The number of hydrogen-bond acceptors (Lipinski definition) is 4. The highest BCUT2D eigenvalue weighted by atomic mass is 19.4. The molecule has 0 aromatic heterocycles. The van der Waals surface area contributed by atoms with Crippen LogP contribution >= 0.6 is 0 Å². The molecule has 204 valence electrons. The zero-order valence-electron chi connectivity index (χ0n) is 22.6. The Labute approximate surface area is 219 Å². The molecule has 1 amide bonds. The van der Waals surface area contributed by atoms with Gasteiger partial charge in [0, 0.05) is 43.8 Å². The van der Waals surface area contributed by atoms with Gasteiger partial charge >= 0.3 is 6.18 Å². The van der Waals surface area contributed by atoms with Gasteiger partial charge in [0.05, 0.1) is 12.2 Å². The number of rotatable bonds is 10. The van der Waals surface area contributed by atoms with Crippen molar-refractivity contribution >= 4 is 5.91 Å². The van der Waals surface area contributed by atoms with Crippen LogP contribution in [0.25, 0.3) is 0 Å². The number of alkyl halides is 3. The Morgan fingerprint density at radius 3 is 2.24 bits per heavy atom. The first-order valence-corrected chi connectivity index (χ1v) is 13.2. The Balaban J connectivity index is 1.54. The summed E-state index contributed by atoms with van der Waals surface area (Å²) in [4.78, 5) is 16.9. The molecule has 0 radical (unpaired) electrons. The molecule has 2 atom stereocenters. The third kappa shape index (κ3) is 7.48. The maximum absolute atomic E-state index is 12.8. The van der Waals surface area contributed by atoms with Crippen LogP contribution in [-0.4, -0.2) is 61.1 Å². The zero-order chi connectivity index (χ0) is 27.2. The number of benzene rings is 2. The minimum absolute atomic E-state index is 0.177. The lowest BCUT2D eigenvalue weighted by Crippen LogP contribution is -2.49. The van der Waals surface area contributed by atoms with Gasteiger partial charge in [-0.15, -0.1) is 0 Å². The predicted molar refractivity (Wildman–Crippen MR) is 141 cm³/mol. The summed E-state index contributed by atoms with van der Waals surface area (Å²) in [5.41, 5.74) is 3.14. The number of nitrogens with one attached hydrogen (secondary N) is 1. The standard InChI is InChI=1S/C29H40F3N3O2/c1-6-20(2)33-14-7-19-37-27-13-12-26(21(3)22(27)4)23(5)34-15-17-35(18-16-34)28(36)24-8-10-25(11-9-24)29(30,31)32/h8-13,20,23,33H,6-7,14-19H2,1-5H3. The van der Waals surface area contributed by atoms with Gasteiger partial charge in [0.2, 0.25) is 0 Å². The molecule has 5 nitrogen and oxygen atoms in total. The molecule has 37 heavy (non-hydrogen) atoms. The van der Waals surface area contributed by atoms with Crippen LogP contribution in [0.2, 0.25) is 0 Å². The van der Waals surface area contributed by atoms with E-state index in [1.165, 1.54) is 23.3 Å². The van der Waals surface area contributed by atoms with Crippen molar-refractivity contribution in [3.05, 3.63) is 64.2 Å². The van der Waals surface area contributed by atoms with Crippen LogP contribution < -0.4 is 10.1 Å². The van der Waals surface area contributed by atoms with E-state index in [4.69, 9.17) is 4.74 Å². The smallest absolute Gasteiger partial charge is 0.416 e. The monoisotopic (exact) mass is 519 g/mol. The number of carbonyl (C=O) groups excluding carboxylic acids is 1. The quantitative estimate of drug-likeness (QED) is 0.391. The maximum atomic E-state index is 12.8. The molecule has 0 saturated carbocycles. The van der Waals surface area contributed by atoms with E-state index in [0.717, 1.165) is 42.8 Å².